The molecular formula is C33H32BrNO7. The van der Waals surface area contributed by atoms with E-state index in [0.29, 0.717) is 39.0 Å². The third-order valence-corrected chi connectivity index (χ3v) is 8.17. The second-order valence-corrected chi connectivity index (χ2v) is 11.0. The average molecular weight is 635 g/mol. The molecule has 0 unspecified atom stereocenters. The fraction of sp³-hybridized carbons (Fsp3) is 0.273. The highest BCUT2D eigenvalue weighted by molar-refractivity contribution is 9.10. The van der Waals surface area contributed by atoms with E-state index in [4.69, 9.17) is 18.9 Å². The molecule has 2 aliphatic rings. The molecule has 2 atom stereocenters. The van der Waals surface area contributed by atoms with Crippen molar-refractivity contribution in [1.82, 2.24) is 5.32 Å². The molecule has 42 heavy (non-hydrogen) atoms. The second-order valence-electron chi connectivity index (χ2n) is 10.1. The number of nitrogens with one attached hydrogen (secondary N) is 1. The van der Waals surface area contributed by atoms with Crippen LogP contribution in [0.15, 0.2) is 93.7 Å². The number of methoxy groups -OCH3 is 2. The number of halogens is 1. The molecule has 2 N–H and O–H groups in total. The van der Waals surface area contributed by atoms with Crippen LogP contribution in [0.3, 0.4) is 0 Å². The van der Waals surface area contributed by atoms with Gasteiger partial charge in [0.25, 0.3) is 0 Å². The summed E-state index contributed by atoms with van der Waals surface area (Å²) >= 11 is 3.40. The number of ether oxygens (including phenoxy) is 4. The van der Waals surface area contributed by atoms with Crippen molar-refractivity contribution in [3.8, 4) is 23.0 Å². The number of phenols is 1. The Balaban J connectivity index is 1.47. The van der Waals surface area contributed by atoms with Gasteiger partial charge in [-0.25, -0.2) is 4.79 Å². The van der Waals surface area contributed by atoms with Crippen molar-refractivity contribution >= 4 is 27.7 Å². The lowest BCUT2D eigenvalue weighted by molar-refractivity contribution is -0.140. The monoisotopic (exact) mass is 633 g/mol. The SMILES string of the molecule is COc1ccc([C@H]2CC(=O)C3=C(C2)NC(C)=C(C(=O)OCCOc2ccccc2)[C@@H]3c2cc(Br)c(O)c(OC)c2)cc1. The number of phenolic OH excluding ortho intramolecular Hbond substituents is 1. The van der Waals surface area contributed by atoms with E-state index >= 15 is 0 Å². The van der Waals surface area contributed by atoms with Gasteiger partial charge in [0.2, 0.25) is 0 Å². The van der Waals surface area contributed by atoms with E-state index in [9.17, 15) is 14.7 Å². The maximum Gasteiger partial charge on any atom is 0.336 e. The highest BCUT2D eigenvalue weighted by atomic mass is 79.9. The number of Topliss-reactive ketones (excluding diaryl/α,β-unsaturated/α-hetero) is 1. The van der Waals surface area contributed by atoms with Crippen LogP contribution < -0.4 is 19.5 Å². The molecule has 0 spiro atoms. The molecule has 0 bridgehead atoms. The summed E-state index contributed by atoms with van der Waals surface area (Å²) in [5.74, 6) is 0.204. The molecule has 0 saturated carbocycles. The van der Waals surface area contributed by atoms with Crippen LogP contribution in [0, 0.1) is 0 Å². The number of allylic oxidation sites excluding steroid dienone is 3. The van der Waals surface area contributed by atoms with Gasteiger partial charge in [0.1, 0.15) is 24.7 Å². The third-order valence-electron chi connectivity index (χ3n) is 7.57. The number of carbonyl (C=O) groups excluding carboxylic acids is 2. The maximum atomic E-state index is 13.9. The summed E-state index contributed by atoms with van der Waals surface area (Å²) in [6, 6.07) is 20.4. The largest absolute Gasteiger partial charge is 0.503 e. The van der Waals surface area contributed by atoms with Crippen LogP contribution in [-0.2, 0) is 14.3 Å². The smallest absolute Gasteiger partial charge is 0.336 e. The van der Waals surface area contributed by atoms with E-state index < -0.39 is 11.9 Å². The first-order valence-electron chi connectivity index (χ1n) is 13.6. The van der Waals surface area contributed by atoms with Gasteiger partial charge in [-0.1, -0.05) is 30.3 Å². The number of hydrogen-bond donors (Lipinski definition) is 2. The van der Waals surface area contributed by atoms with Crippen molar-refractivity contribution in [3.05, 3.63) is 105 Å². The summed E-state index contributed by atoms with van der Waals surface area (Å²) < 4.78 is 22.4. The molecule has 1 aliphatic heterocycles. The second kappa shape index (κ2) is 12.7. The summed E-state index contributed by atoms with van der Waals surface area (Å²) in [7, 11) is 3.07. The number of hydrogen-bond acceptors (Lipinski definition) is 8. The molecule has 0 radical (unpaired) electrons. The molecule has 0 fully saturated rings. The van der Waals surface area contributed by atoms with Crippen LogP contribution in [0.1, 0.15) is 42.7 Å². The summed E-state index contributed by atoms with van der Waals surface area (Å²) in [6.45, 7) is 2.01. The maximum absolute atomic E-state index is 13.9. The lowest BCUT2D eigenvalue weighted by atomic mass is 9.71. The van der Waals surface area contributed by atoms with Gasteiger partial charge in [-0.2, -0.15) is 0 Å². The third kappa shape index (κ3) is 6.01. The van der Waals surface area contributed by atoms with Gasteiger partial charge in [-0.15, -0.1) is 0 Å². The fourth-order valence-corrected chi connectivity index (χ4v) is 6.02. The number of esters is 1. The quantitative estimate of drug-likeness (QED) is 0.213. The predicted molar refractivity (Wildman–Crippen MR) is 161 cm³/mol. The van der Waals surface area contributed by atoms with Crippen molar-refractivity contribution in [3.63, 3.8) is 0 Å². The molecule has 218 valence electrons. The van der Waals surface area contributed by atoms with Gasteiger partial charge < -0.3 is 29.4 Å². The van der Waals surface area contributed by atoms with Crippen LogP contribution in [0.5, 0.6) is 23.0 Å². The van der Waals surface area contributed by atoms with Crippen LogP contribution in [0.4, 0.5) is 0 Å². The van der Waals surface area contributed by atoms with Gasteiger partial charge >= 0.3 is 5.97 Å². The Morgan fingerprint density at radius 2 is 1.69 bits per heavy atom. The summed E-state index contributed by atoms with van der Waals surface area (Å²) in [5.41, 5.74) is 3.85. The van der Waals surface area contributed by atoms with Crippen molar-refractivity contribution in [2.45, 2.75) is 31.6 Å². The first-order chi connectivity index (χ1) is 20.3. The fourth-order valence-electron chi connectivity index (χ4n) is 5.56. The molecule has 1 aliphatic carbocycles. The lowest BCUT2D eigenvalue weighted by Crippen LogP contribution is -2.36. The zero-order valence-corrected chi connectivity index (χ0v) is 25.2. The standard InChI is InChI=1S/C33H32BrNO7/c1-19-29(33(38)42-14-13-41-24-7-5-4-6-8-24)30(22-15-25(34)32(37)28(18-22)40-3)31-26(35-19)16-21(17-27(31)36)20-9-11-23(39-2)12-10-20/h4-12,15,18,21,30,35,37H,13-14,16-17H2,1-3H3/t21-,30+/m1/s1. The minimum absolute atomic E-state index is 0.0270. The number of rotatable bonds is 9. The summed E-state index contributed by atoms with van der Waals surface area (Å²) in [5, 5.41) is 13.8. The number of aromatic hydroxyl groups is 1. The molecule has 0 saturated heterocycles. The zero-order valence-electron chi connectivity index (χ0n) is 23.6. The van der Waals surface area contributed by atoms with Crippen LogP contribution in [0.25, 0.3) is 0 Å². The Kier molecular flexibility index (Phi) is 8.87. The van der Waals surface area contributed by atoms with Gasteiger partial charge in [-0.05, 0) is 82.7 Å². The van der Waals surface area contributed by atoms with E-state index in [1.54, 1.807) is 19.2 Å². The van der Waals surface area contributed by atoms with E-state index in [0.717, 1.165) is 17.0 Å². The molecule has 9 heteroatoms. The molecule has 0 amide bonds. The Morgan fingerprint density at radius 1 is 0.952 bits per heavy atom. The molecular weight excluding hydrogens is 602 g/mol. The first-order valence-corrected chi connectivity index (χ1v) is 14.4. The Labute approximate surface area is 253 Å². The van der Waals surface area contributed by atoms with Gasteiger partial charge in [-0.3, -0.25) is 4.79 Å². The minimum atomic E-state index is -0.723. The Hall–Kier alpha value is -4.24. The minimum Gasteiger partial charge on any atom is -0.503 e. The summed E-state index contributed by atoms with van der Waals surface area (Å²) in [6.07, 6.45) is 0.872. The molecule has 1 heterocycles. The Bertz CT molecular complexity index is 1550. The van der Waals surface area contributed by atoms with Crippen molar-refractivity contribution in [2.24, 2.45) is 0 Å². The van der Waals surface area contributed by atoms with Crippen LogP contribution in [-0.4, -0.2) is 44.3 Å². The zero-order chi connectivity index (χ0) is 29.8. The average Bonchev–Trinajstić information content (AvgIpc) is 3.00. The van der Waals surface area contributed by atoms with Gasteiger partial charge in [0.15, 0.2) is 17.3 Å². The number of para-hydroxylation sites is 1. The number of carbonyl (C=O) groups is 2. The first kappa shape index (κ1) is 29.3. The Morgan fingerprint density at radius 3 is 2.38 bits per heavy atom. The number of benzene rings is 3. The van der Waals surface area contributed by atoms with Crippen LogP contribution >= 0.6 is 15.9 Å². The molecule has 0 aromatic heterocycles. The molecule has 3 aromatic rings. The number of ketones is 1. The topological polar surface area (TPSA) is 103 Å². The van der Waals surface area contributed by atoms with E-state index in [1.807, 2.05) is 61.5 Å². The van der Waals surface area contributed by atoms with Crippen LogP contribution in [0.2, 0.25) is 0 Å². The number of dihydropyridines is 1. The molecule has 3 aromatic carbocycles. The van der Waals surface area contributed by atoms with Crippen molar-refractivity contribution < 1.29 is 33.6 Å². The van der Waals surface area contributed by atoms with E-state index in [2.05, 4.69) is 21.2 Å². The van der Waals surface area contributed by atoms with E-state index in [-0.39, 0.29) is 42.8 Å². The van der Waals surface area contributed by atoms with Crippen molar-refractivity contribution in [1.29, 1.82) is 0 Å². The molecule has 8 nitrogen and oxygen atoms in total. The highest BCUT2D eigenvalue weighted by Crippen LogP contribution is 2.48. The normalized spacial score (nSPS) is 18.2. The molecule has 5 rings (SSSR count). The lowest BCUT2D eigenvalue weighted by Gasteiger charge is -2.37. The highest BCUT2D eigenvalue weighted by Gasteiger charge is 2.42. The van der Waals surface area contributed by atoms with E-state index in [1.165, 1.54) is 7.11 Å². The van der Waals surface area contributed by atoms with Gasteiger partial charge in [0.05, 0.1) is 24.3 Å². The van der Waals surface area contributed by atoms with Gasteiger partial charge in [0, 0.05) is 29.3 Å². The predicted octanol–water partition coefficient (Wildman–Crippen LogP) is 6.16. The summed E-state index contributed by atoms with van der Waals surface area (Å²) in [4.78, 5) is 27.5. The van der Waals surface area contributed by atoms with Crippen molar-refractivity contribution in [2.75, 3.05) is 27.4 Å².